The first kappa shape index (κ1) is 20.8. The van der Waals surface area contributed by atoms with E-state index >= 15 is 0 Å². The number of carbonyl (C=O) groups excluding carboxylic acids is 1. The Morgan fingerprint density at radius 2 is 1.68 bits per heavy atom. The number of aryl methyl sites for hydroxylation is 1. The number of hydrazone groups is 1. The van der Waals surface area contributed by atoms with Crippen LogP contribution in [0.3, 0.4) is 0 Å². The Morgan fingerprint density at radius 1 is 1.00 bits per heavy atom. The van der Waals surface area contributed by atoms with E-state index < -0.39 is 0 Å². The van der Waals surface area contributed by atoms with E-state index in [-0.39, 0.29) is 12.5 Å². The predicted molar refractivity (Wildman–Crippen MR) is 110 cm³/mol. The van der Waals surface area contributed by atoms with Gasteiger partial charge in [-0.15, -0.1) is 0 Å². The van der Waals surface area contributed by atoms with E-state index in [4.69, 9.17) is 14.2 Å². The zero-order chi connectivity index (χ0) is 20.2. The molecule has 1 N–H and O–H groups in total. The molecule has 6 nitrogen and oxygen atoms in total. The number of hydrogen-bond acceptors (Lipinski definition) is 5. The molecular formula is C22H24N2O4. The molecule has 0 aromatic heterocycles. The summed E-state index contributed by atoms with van der Waals surface area (Å²) in [5, 5.41) is 3.94. The molecule has 0 saturated carbocycles. The maximum Gasteiger partial charge on any atom is 0.277 e. The Kier molecular flexibility index (Phi) is 8.33. The summed E-state index contributed by atoms with van der Waals surface area (Å²) < 4.78 is 16.6. The van der Waals surface area contributed by atoms with Gasteiger partial charge in [0.1, 0.15) is 19.0 Å². The molecule has 0 atom stereocenters. The summed E-state index contributed by atoms with van der Waals surface area (Å²) in [4.78, 5) is 11.8. The van der Waals surface area contributed by atoms with Gasteiger partial charge in [0.15, 0.2) is 18.1 Å². The first-order chi connectivity index (χ1) is 13.6. The minimum atomic E-state index is -0.356. The van der Waals surface area contributed by atoms with Crippen LogP contribution in [0.15, 0.2) is 72.9 Å². The van der Waals surface area contributed by atoms with Crippen LogP contribution in [0.5, 0.6) is 17.2 Å². The molecule has 0 unspecified atom stereocenters. The van der Waals surface area contributed by atoms with E-state index in [0.29, 0.717) is 30.5 Å². The van der Waals surface area contributed by atoms with Crippen LogP contribution >= 0.6 is 0 Å². The molecule has 146 valence electrons. The monoisotopic (exact) mass is 380 g/mol. The second kappa shape index (κ2) is 11.2. The fourth-order valence-electron chi connectivity index (χ4n) is 2.13. The van der Waals surface area contributed by atoms with Crippen molar-refractivity contribution in [2.45, 2.75) is 6.92 Å². The summed E-state index contributed by atoms with van der Waals surface area (Å²) >= 11 is 0. The topological polar surface area (TPSA) is 69.2 Å². The molecular weight excluding hydrogens is 356 g/mol. The average Bonchev–Trinajstić information content (AvgIpc) is 2.71. The number of ether oxygens (including phenoxy) is 3. The molecule has 2 aromatic rings. The van der Waals surface area contributed by atoms with Gasteiger partial charge in [0.2, 0.25) is 0 Å². The van der Waals surface area contributed by atoms with Crippen molar-refractivity contribution in [1.29, 1.82) is 0 Å². The van der Waals surface area contributed by atoms with Crippen molar-refractivity contribution < 1.29 is 19.0 Å². The lowest BCUT2D eigenvalue weighted by Crippen LogP contribution is -2.24. The number of carbonyl (C=O) groups is 1. The Hall–Kier alpha value is -3.54. The van der Waals surface area contributed by atoms with Crippen LogP contribution in [-0.4, -0.2) is 31.9 Å². The molecule has 2 rings (SSSR count). The van der Waals surface area contributed by atoms with Gasteiger partial charge in [-0.3, -0.25) is 4.79 Å². The quantitative estimate of drug-likeness (QED) is 0.367. The number of hydrogen-bond donors (Lipinski definition) is 1. The van der Waals surface area contributed by atoms with Crippen LogP contribution < -0.4 is 19.6 Å². The highest BCUT2D eigenvalue weighted by Gasteiger charge is 2.06. The maximum absolute atomic E-state index is 11.8. The van der Waals surface area contributed by atoms with Crippen LogP contribution in [0.1, 0.15) is 11.1 Å². The lowest BCUT2D eigenvalue weighted by atomic mass is 10.2. The molecule has 0 radical (unpaired) electrons. The van der Waals surface area contributed by atoms with Gasteiger partial charge in [0.05, 0.1) is 6.21 Å². The molecule has 0 aliphatic carbocycles. The highest BCUT2D eigenvalue weighted by atomic mass is 16.5. The van der Waals surface area contributed by atoms with E-state index in [1.807, 2.05) is 31.2 Å². The Labute approximate surface area is 165 Å². The molecule has 0 spiro atoms. The summed E-state index contributed by atoms with van der Waals surface area (Å²) in [6.07, 6.45) is 4.81. The SMILES string of the molecule is C=CCOc1ccc(C=NNC(=O)COc2ccc(C)cc2)cc1OCC=C. The van der Waals surface area contributed by atoms with Gasteiger partial charge < -0.3 is 14.2 Å². The van der Waals surface area contributed by atoms with E-state index in [2.05, 4.69) is 23.7 Å². The number of rotatable bonds is 11. The minimum Gasteiger partial charge on any atom is -0.486 e. The van der Waals surface area contributed by atoms with Crippen LogP contribution in [0.4, 0.5) is 0 Å². The van der Waals surface area contributed by atoms with Gasteiger partial charge in [-0.2, -0.15) is 5.10 Å². The normalized spacial score (nSPS) is 10.3. The lowest BCUT2D eigenvalue weighted by Gasteiger charge is -2.11. The maximum atomic E-state index is 11.8. The first-order valence-electron chi connectivity index (χ1n) is 8.75. The van der Waals surface area contributed by atoms with Gasteiger partial charge in [-0.1, -0.05) is 43.0 Å². The molecule has 0 fully saturated rings. The van der Waals surface area contributed by atoms with E-state index in [9.17, 15) is 4.79 Å². The third-order valence-electron chi connectivity index (χ3n) is 3.47. The highest BCUT2D eigenvalue weighted by Crippen LogP contribution is 2.28. The van der Waals surface area contributed by atoms with Crippen molar-refractivity contribution >= 4 is 12.1 Å². The zero-order valence-corrected chi connectivity index (χ0v) is 15.9. The number of nitrogens with zero attached hydrogens (tertiary/aromatic N) is 1. The van der Waals surface area contributed by atoms with Crippen molar-refractivity contribution in [3.8, 4) is 17.2 Å². The predicted octanol–water partition coefficient (Wildman–Crippen LogP) is 3.65. The van der Waals surface area contributed by atoms with Gasteiger partial charge in [0.25, 0.3) is 5.91 Å². The first-order valence-corrected chi connectivity index (χ1v) is 8.75. The Bertz CT molecular complexity index is 829. The zero-order valence-electron chi connectivity index (χ0n) is 15.9. The van der Waals surface area contributed by atoms with E-state index in [1.54, 1.807) is 30.4 Å². The fourth-order valence-corrected chi connectivity index (χ4v) is 2.13. The van der Waals surface area contributed by atoms with Crippen LogP contribution in [0.2, 0.25) is 0 Å². The number of amides is 1. The molecule has 0 bridgehead atoms. The van der Waals surface area contributed by atoms with Crippen molar-refractivity contribution in [3.05, 3.63) is 78.9 Å². The van der Waals surface area contributed by atoms with Gasteiger partial charge in [-0.05, 0) is 42.8 Å². The van der Waals surface area contributed by atoms with E-state index in [0.717, 1.165) is 11.1 Å². The smallest absolute Gasteiger partial charge is 0.277 e. The molecule has 0 heterocycles. The van der Waals surface area contributed by atoms with Crippen molar-refractivity contribution in [2.24, 2.45) is 5.10 Å². The summed E-state index contributed by atoms with van der Waals surface area (Å²) in [7, 11) is 0. The summed E-state index contributed by atoms with van der Waals surface area (Å²) in [6.45, 7) is 9.84. The molecule has 1 amide bonds. The molecule has 0 aliphatic rings. The van der Waals surface area contributed by atoms with Crippen molar-refractivity contribution in [2.75, 3.05) is 19.8 Å². The summed E-state index contributed by atoms with van der Waals surface area (Å²) in [6, 6.07) is 12.8. The average molecular weight is 380 g/mol. The number of nitrogens with one attached hydrogen (secondary N) is 1. The Balaban J connectivity index is 1.90. The molecule has 28 heavy (non-hydrogen) atoms. The summed E-state index contributed by atoms with van der Waals surface area (Å²) in [5.74, 6) is 1.42. The Morgan fingerprint density at radius 3 is 2.36 bits per heavy atom. The largest absolute Gasteiger partial charge is 0.486 e. The van der Waals surface area contributed by atoms with Crippen molar-refractivity contribution in [3.63, 3.8) is 0 Å². The lowest BCUT2D eigenvalue weighted by molar-refractivity contribution is -0.123. The number of benzene rings is 2. The minimum absolute atomic E-state index is 0.123. The summed E-state index contributed by atoms with van der Waals surface area (Å²) in [5.41, 5.74) is 4.29. The second-order valence-corrected chi connectivity index (χ2v) is 5.80. The third kappa shape index (κ3) is 6.99. The van der Waals surface area contributed by atoms with Crippen LogP contribution in [-0.2, 0) is 4.79 Å². The third-order valence-corrected chi connectivity index (χ3v) is 3.47. The highest BCUT2D eigenvalue weighted by molar-refractivity contribution is 5.83. The van der Waals surface area contributed by atoms with E-state index in [1.165, 1.54) is 6.21 Å². The van der Waals surface area contributed by atoms with Crippen LogP contribution in [0.25, 0.3) is 0 Å². The standard InChI is InChI=1S/C22H24N2O4/c1-4-12-26-20-11-8-18(14-21(20)27-13-5-2)15-23-24-22(25)16-28-19-9-6-17(3)7-10-19/h4-11,14-15H,1-2,12-13,16H2,3H3,(H,24,25). The fraction of sp³-hybridized carbons (Fsp3) is 0.182. The second-order valence-electron chi connectivity index (χ2n) is 5.80. The van der Waals surface area contributed by atoms with Gasteiger partial charge >= 0.3 is 0 Å². The molecule has 6 heteroatoms. The van der Waals surface area contributed by atoms with Gasteiger partial charge in [-0.25, -0.2) is 5.43 Å². The van der Waals surface area contributed by atoms with Crippen molar-refractivity contribution in [1.82, 2.24) is 5.43 Å². The van der Waals surface area contributed by atoms with Crippen LogP contribution in [0, 0.1) is 6.92 Å². The molecule has 0 aliphatic heterocycles. The molecule has 2 aromatic carbocycles. The molecule has 0 saturated heterocycles. The van der Waals surface area contributed by atoms with Gasteiger partial charge in [0, 0.05) is 0 Å².